The first kappa shape index (κ1) is 15.5. The summed E-state index contributed by atoms with van der Waals surface area (Å²) in [5, 5.41) is 0.0267. The van der Waals surface area contributed by atoms with Gasteiger partial charge in [-0.05, 0) is 12.1 Å². The second-order valence-electron chi connectivity index (χ2n) is 3.75. The minimum Gasteiger partial charge on any atom is -0.423 e. The van der Waals surface area contributed by atoms with Crippen molar-refractivity contribution in [1.82, 2.24) is 9.97 Å². The Morgan fingerprint density at radius 2 is 1.90 bits per heavy atom. The standard InChI is InChI=1S/C12H5Cl2F3N2O2/c13-7-4-9(8(14)3-6(7)5-20)21-11-18-2-1-10(19-11)12(15,16)17/h1-5H. The van der Waals surface area contributed by atoms with Crippen LogP contribution in [0.15, 0.2) is 24.4 Å². The average Bonchev–Trinajstić information content (AvgIpc) is 2.42. The third-order valence-electron chi connectivity index (χ3n) is 2.30. The molecule has 0 amide bonds. The summed E-state index contributed by atoms with van der Waals surface area (Å²) in [6.45, 7) is 0. The van der Waals surface area contributed by atoms with E-state index in [1.54, 1.807) is 0 Å². The van der Waals surface area contributed by atoms with E-state index in [0.29, 0.717) is 12.4 Å². The van der Waals surface area contributed by atoms with Crippen LogP contribution >= 0.6 is 23.2 Å². The number of alkyl halides is 3. The second-order valence-corrected chi connectivity index (χ2v) is 4.56. The number of carbonyl (C=O) groups is 1. The Balaban J connectivity index is 2.35. The zero-order valence-corrected chi connectivity index (χ0v) is 11.5. The zero-order valence-electron chi connectivity index (χ0n) is 9.99. The molecule has 9 heteroatoms. The molecule has 2 aromatic rings. The van der Waals surface area contributed by atoms with Crippen molar-refractivity contribution in [3.05, 3.63) is 45.7 Å². The molecule has 1 aromatic heterocycles. The van der Waals surface area contributed by atoms with E-state index in [-0.39, 0.29) is 21.4 Å². The lowest BCUT2D eigenvalue weighted by Gasteiger charge is -2.09. The molecule has 2 rings (SSSR count). The topological polar surface area (TPSA) is 52.1 Å². The van der Waals surface area contributed by atoms with Gasteiger partial charge in [-0.15, -0.1) is 0 Å². The summed E-state index contributed by atoms with van der Waals surface area (Å²) in [6, 6.07) is 2.58. The summed E-state index contributed by atoms with van der Waals surface area (Å²) in [6.07, 6.45) is -3.23. The van der Waals surface area contributed by atoms with E-state index in [4.69, 9.17) is 27.9 Å². The molecule has 0 aliphatic heterocycles. The first-order valence-corrected chi connectivity index (χ1v) is 6.09. The van der Waals surface area contributed by atoms with Gasteiger partial charge in [0, 0.05) is 17.8 Å². The maximum absolute atomic E-state index is 12.5. The fourth-order valence-corrected chi connectivity index (χ4v) is 1.77. The van der Waals surface area contributed by atoms with Gasteiger partial charge < -0.3 is 4.74 Å². The van der Waals surface area contributed by atoms with Gasteiger partial charge in [-0.25, -0.2) is 4.98 Å². The molecule has 0 N–H and O–H groups in total. The molecular weight excluding hydrogens is 332 g/mol. The molecule has 0 atom stereocenters. The molecule has 0 aliphatic rings. The van der Waals surface area contributed by atoms with Crippen LogP contribution in [0.1, 0.15) is 16.1 Å². The molecule has 0 unspecified atom stereocenters. The third-order valence-corrected chi connectivity index (χ3v) is 2.93. The van der Waals surface area contributed by atoms with Crippen molar-refractivity contribution in [3.63, 3.8) is 0 Å². The van der Waals surface area contributed by atoms with E-state index >= 15 is 0 Å². The van der Waals surface area contributed by atoms with Crippen molar-refractivity contribution in [2.45, 2.75) is 6.18 Å². The van der Waals surface area contributed by atoms with Gasteiger partial charge in [-0.2, -0.15) is 18.2 Å². The number of aldehydes is 1. The third kappa shape index (κ3) is 3.62. The molecule has 110 valence electrons. The van der Waals surface area contributed by atoms with Crippen LogP contribution in [-0.4, -0.2) is 16.3 Å². The summed E-state index contributed by atoms with van der Waals surface area (Å²) in [7, 11) is 0. The van der Waals surface area contributed by atoms with Crippen molar-refractivity contribution in [2.24, 2.45) is 0 Å². The van der Waals surface area contributed by atoms with Crippen molar-refractivity contribution < 1.29 is 22.7 Å². The fraction of sp³-hybridized carbons (Fsp3) is 0.0833. The van der Waals surface area contributed by atoms with Gasteiger partial charge in [0.1, 0.15) is 0 Å². The molecule has 0 aliphatic carbocycles. The molecule has 0 saturated heterocycles. The van der Waals surface area contributed by atoms with Gasteiger partial charge in [0.2, 0.25) is 0 Å². The van der Waals surface area contributed by atoms with Crippen LogP contribution in [0.25, 0.3) is 0 Å². The lowest BCUT2D eigenvalue weighted by atomic mass is 10.2. The van der Waals surface area contributed by atoms with Gasteiger partial charge in [-0.3, -0.25) is 4.79 Å². The van der Waals surface area contributed by atoms with Crippen LogP contribution in [0.5, 0.6) is 11.8 Å². The maximum Gasteiger partial charge on any atom is 0.433 e. The van der Waals surface area contributed by atoms with Crippen molar-refractivity contribution in [1.29, 1.82) is 0 Å². The first-order valence-electron chi connectivity index (χ1n) is 5.33. The lowest BCUT2D eigenvalue weighted by molar-refractivity contribution is -0.141. The Morgan fingerprint density at radius 1 is 1.19 bits per heavy atom. The van der Waals surface area contributed by atoms with Gasteiger partial charge in [0.25, 0.3) is 0 Å². The SMILES string of the molecule is O=Cc1cc(Cl)c(Oc2nccc(C(F)(F)F)n2)cc1Cl. The summed E-state index contributed by atoms with van der Waals surface area (Å²) < 4.78 is 42.6. The van der Waals surface area contributed by atoms with Crippen molar-refractivity contribution >= 4 is 29.5 Å². The van der Waals surface area contributed by atoms with Crippen LogP contribution in [0.4, 0.5) is 13.2 Å². The number of ether oxygens (including phenoxy) is 1. The van der Waals surface area contributed by atoms with Crippen LogP contribution in [0.3, 0.4) is 0 Å². The average molecular weight is 337 g/mol. The molecule has 0 fully saturated rings. The van der Waals surface area contributed by atoms with Crippen LogP contribution in [-0.2, 0) is 6.18 Å². The van der Waals surface area contributed by atoms with Crippen LogP contribution in [0, 0.1) is 0 Å². The minimum absolute atomic E-state index is 0.0116. The van der Waals surface area contributed by atoms with Crippen LogP contribution in [0.2, 0.25) is 10.0 Å². The van der Waals surface area contributed by atoms with Crippen LogP contribution < -0.4 is 4.74 Å². The Hall–Kier alpha value is -1.86. The number of carbonyl (C=O) groups excluding carboxylic acids is 1. The molecule has 1 aromatic carbocycles. The zero-order chi connectivity index (χ0) is 15.6. The minimum atomic E-state index is -4.62. The molecule has 0 radical (unpaired) electrons. The quantitative estimate of drug-likeness (QED) is 0.779. The van der Waals surface area contributed by atoms with E-state index in [1.807, 2.05) is 0 Å². The number of hydrogen-bond donors (Lipinski definition) is 0. The first-order chi connectivity index (χ1) is 9.81. The number of rotatable bonds is 3. The molecular formula is C12H5Cl2F3N2O2. The number of hydrogen-bond acceptors (Lipinski definition) is 4. The highest BCUT2D eigenvalue weighted by molar-refractivity contribution is 6.36. The van der Waals surface area contributed by atoms with Gasteiger partial charge >= 0.3 is 12.2 Å². The Labute approximate surface area is 126 Å². The predicted molar refractivity (Wildman–Crippen MR) is 69.0 cm³/mol. The molecule has 4 nitrogen and oxygen atoms in total. The maximum atomic E-state index is 12.5. The van der Waals surface area contributed by atoms with E-state index in [2.05, 4.69) is 9.97 Å². The van der Waals surface area contributed by atoms with E-state index in [1.165, 1.54) is 12.1 Å². The van der Waals surface area contributed by atoms with Crippen molar-refractivity contribution in [3.8, 4) is 11.8 Å². The summed E-state index contributed by atoms with van der Waals surface area (Å²) in [5.41, 5.74) is -1.03. The largest absolute Gasteiger partial charge is 0.433 e. The highest BCUT2D eigenvalue weighted by atomic mass is 35.5. The molecule has 0 spiro atoms. The molecule has 0 saturated carbocycles. The summed E-state index contributed by atoms with van der Waals surface area (Å²) in [5.74, 6) is -0.0633. The van der Waals surface area contributed by atoms with E-state index in [9.17, 15) is 18.0 Å². The Bertz CT molecular complexity index is 693. The monoisotopic (exact) mass is 336 g/mol. The number of nitrogens with zero attached hydrogens (tertiary/aromatic N) is 2. The smallest absolute Gasteiger partial charge is 0.423 e. The number of halogens is 5. The van der Waals surface area contributed by atoms with Gasteiger partial charge in [0.15, 0.2) is 17.7 Å². The van der Waals surface area contributed by atoms with Crippen molar-refractivity contribution in [2.75, 3.05) is 0 Å². The Morgan fingerprint density at radius 3 is 2.52 bits per heavy atom. The molecule has 0 bridgehead atoms. The fourth-order valence-electron chi connectivity index (χ4n) is 1.36. The number of benzene rings is 1. The Kier molecular flexibility index (Phi) is 4.34. The van der Waals surface area contributed by atoms with E-state index < -0.39 is 17.9 Å². The second kappa shape index (κ2) is 5.87. The van der Waals surface area contributed by atoms with E-state index in [0.717, 1.165) is 6.20 Å². The molecule has 21 heavy (non-hydrogen) atoms. The summed E-state index contributed by atoms with van der Waals surface area (Å²) in [4.78, 5) is 17.5. The highest BCUT2D eigenvalue weighted by Gasteiger charge is 2.33. The van der Waals surface area contributed by atoms with Gasteiger partial charge in [-0.1, -0.05) is 23.2 Å². The lowest BCUT2D eigenvalue weighted by Crippen LogP contribution is -2.09. The summed E-state index contributed by atoms with van der Waals surface area (Å²) >= 11 is 11.6. The predicted octanol–water partition coefficient (Wildman–Crippen LogP) is 4.41. The van der Waals surface area contributed by atoms with Gasteiger partial charge in [0.05, 0.1) is 10.0 Å². The number of aromatic nitrogens is 2. The normalized spacial score (nSPS) is 11.3. The molecule has 1 heterocycles. The highest BCUT2D eigenvalue weighted by Crippen LogP contribution is 2.34.